The van der Waals surface area contributed by atoms with Crippen LogP contribution in [0, 0.1) is 11.3 Å². The van der Waals surface area contributed by atoms with Crippen LogP contribution in [-0.4, -0.2) is 20.8 Å². The molecule has 1 aromatic rings. The minimum atomic E-state index is -3.52. The van der Waals surface area contributed by atoms with Crippen molar-refractivity contribution in [1.29, 1.82) is 5.26 Å². The maximum absolute atomic E-state index is 12.5. The minimum Gasteiger partial charge on any atom is -0.497 e. The smallest absolute Gasteiger partial charge is 0.191 e. The summed E-state index contributed by atoms with van der Waals surface area (Å²) in [6, 6.07) is 8.83. The molecule has 1 saturated carbocycles. The van der Waals surface area contributed by atoms with E-state index in [-0.39, 0.29) is 4.91 Å². The SMILES string of the molecule is COc1ccc(/C=C(\C#N)S(=O)(=O)C2CCCCC2)cc1. The molecule has 1 fully saturated rings. The summed E-state index contributed by atoms with van der Waals surface area (Å²) in [5, 5.41) is 8.83. The molecule has 21 heavy (non-hydrogen) atoms. The van der Waals surface area contributed by atoms with Gasteiger partial charge in [-0.3, -0.25) is 0 Å². The average molecular weight is 305 g/mol. The summed E-state index contributed by atoms with van der Waals surface area (Å²) in [6.45, 7) is 0. The lowest BCUT2D eigenvalue weighted by Gasteiger charge is -2.21. The highest BCUT2D eigenvalue weighted by Gasteiger charge is 2.30. The largest absolute Gasteiger partial charge is 0.497 e. The van der Waals surface area contributed by atoms with Crippen molar-refractivity contribution < 1.29 is 13.2 Å². The Labute approximate surface area is 126 Å². The van der Waals surface area contributed by atoms with Crippen LogP contribution in [0.15, 0.2) is 29.2 Å². The normalized spacial score (nSPS) is 17.2. The summed E-state index contributed by atoms with van der Waals surface area (Å²) in [4.78, 5) is -0.139. The zero-order valence-corrected chi connectivity index (χ0v) is 12.9. The molecule has 1 aliphatic carbocycles. The lowest BCUT2D eigenvalue weighted by atomic mass is 10.0. The van der Waals surface area contributed by atoms with E-state index < -0.39 is 15.1 Å². The molecule has 1 aliphatic rings. The van der Waals surface area contributed by atoms with Crippen LogP contribution in [0.3, 0.4) is 0 Å². The molecule has 0 amide bonds. The number of nitrogens with zero attached hydrogens (tertiary/aromatic N) is 1. The summed E-state index contributed by atoms with van der Waals surface area (Å²) in [5.41, 5.74) is 0.687. The second-order valence-corrected chi connectivity index (χ2v) is 7.40. The molecule has 0 unspecified atom stereocenters. The molecule has 0 spiro atoms. The molecule has 4 nitrogen and oxygen atoms in total. The number of sulfone groups is 1. The van der Waals surface area contributed by atoms with Crippen LogP contribution < -0.4 is 4.74 Å². The number of hydrogen-bond donors (Lipinski definition) is 0. The van der Waals surface area contributed by atoms with E-state index in [0.717, 1.165) is 19.3 Å². The number of allylic oxidation sites excluding steroid dienone is 1. The summed E-state index contributed by atoms with van der Waals surface area (Å²) < 4.78 is 30.1. The summed E-state index contributed by atoms with van der Waals surface area (Å²) in [6.07, 6.45) is 5.68. The van der Waals surface area contributed by atoms with Crippen molar-refractivity contribution in [2.24, 2.45) is 0 Å². The first kappa shape index (κ1) is 15.6. The maximum Gasteiger partial charge on any atom is 0.191 e. The van der Waals surface area contributed by atoms with Gasteiger partial charge in [-0.25, -0.2) is 8.42 Å². The fraction of sp³-hybridized carbons (Fsp3) is 0.438. The zero-order valence-electron chi connectivity index (χ0n) is 12.1. The molecule has 0 heterocycles. The third-order valence-electron chi connectivity index (χ3n) is 3.82. The zero-order chi connectivity index (χ0) is 15.3. The van der Waals surface area contributed by atoms with Gasteiger partial charge in [0.15, 0.2) is 9.84 Å². The Hall–Kier alpha value is -1.80. The molecule has 2 rings (SSSR count). The van der Waals surface area contributed by atoms with Crippen LogP contribution in [0.5, 0.6) is 5.75 Å². The van der Waals surface area contributed by atoms with Crippen molar-refractivity contribution in [3.63, 3.8) is 0 Å². The van der Waals surface area contributed by atoms with Crippen LogP contribution in [-0.2, 0) is 9.84 Å². The van der Waals surface area contributed by atoms with Gasteiger partial charge in [-0.1, -0.05) is 31.4 Å². The highest BCUT2D eigenvalue weighted by Crippen LogP contribution is 2.28. The van der Waals surface area contributed by atoms with Gasteiger partial charge in [0.05, 0.1) is 12.4 Å². The van der Waals surface area contributed by atoms with E-state index in [4.69, 9.17) is 4.74 Å². The van der Waals surface area contributed by atoms with E-state index in [1.165, 1.54) is 6.08 Å². The van der Waals surface area contributed by atoms with Crippen LogP contribution in [0.1, 0.15) is 37.7 Å². The van der Waals surface area contributed by atoms with Gasteiger partial charge in [0.2, 0.25) is 0 Å². The van der Waals surface area contributed by atoms with Gasteiger partial charge in [-0.15, -0.1) is 0 Å². The standard InChI is InChI=1S/C16H19NO3S/c1-20-14-9-7-13(8-10-14)11-16(12-17)21(18,19)15-5-3-2-4-6-15/h7-11,15H,2-6H2,1H3/b16-11+. The highest BCUT2D eigenvalue weighted by molar-refractivity contribution is 7.96. The first-order valence-corrected chi connectivity index (χ1v) is 8.62. The number of ether oxygens (including phenoxy) is 1. The molecule has 0 aliphatic heterocycles. The van der Waals surface area contributed by atoms with Gasteiger partial charge in [0.25, 0.3) is 0 Å². The Kier molecular flexibility index (Phi) is 5.03. The van der Waals surface area contributed by atoms with Crippen LogP contribution in [0.2, 0.25) is 0 Å². The Balaban J connectivity index is 2.28. The molecule has 0 aromatic heterocycles. The molecule has 5 heteroatoms. The molecule has 0 N–H and O–H groups in total. The summed E-state index contributed by atoms with van der Waals surface area (Å²) in [7, 11) is -1.95. The van der Waals surface area contributed by atoms with Gasteiger partial charge in [-0.2, -0.15) is 5.26 Å². The molecule has 1 aromatic carbocycles. The van der Waals surface area contributed by atoms with E-state index in [9.17, 15) is 13.7 Å². The summed E-state index contributed by atoms with van der Waals surface area (Å²) in [5.74, 6) is 0.695. The molecular weight excluding hydrogens is 286 g/mol. The summed E-state index contributed by atoms with van der Waals surface area (Å²) >= 11 is 0. The second-order valence-electron chi connectivity index (χ2n) is 5.20. The monoisotopic (exact) mass is 305 g/mol. The maximum atomic E-state index is 12.5. The predicted octanol–water partition coefficient (Wildman–Crippen LogP) is 3.31. The third kappa shape index (κ3) is 3.64. The number of hydrogen-bond acceptors (Lipinski definition) is 4. The molecule has 0 radical (unpaired) electrons. The Morgan fingerprint density at radius 3 is 2.38 bits per heavy atom. The lowest BCUT2D eigenvalue weighted by molar-refractivity contribution is 0.415. The van der Waals surface area contributed by atoms with Gasteiger partial charge in [-0.05, 0) is 36.6 Å². The minimum absolute atomic E-state index is 0.139. The molecule has 112 valence electrons. The van der Waals surface area contributed by atoms with Crippen LogP contribution in [0.25, 0.3) is 6.08 Å². The van der Waals surface area contributed by atoms with E-state index >= 15 is 0 Å². The van der Waals surface area contributed by atoms with Crippen molar-refractivity contribution in [3.8, 4) is 11.8 Å². The van der Waals surface area contributed by atoms with Crippen LogP contribution >= 0.6 is 0 Å². The molecule has 0 saturated heterocycles. The molecule has 0 bridgehead atoms. The van der Waals surface area contributed by atoms with Crippen molar-refractivity contribution in [2.45, 2.75) is 37.4 Å². The second kappa shape index (κ2) is 6.77. The average Bonchev–Trinajstić information content (AvgIpc) is 2.53. The van der Waals surface area contributed by atoms with E-state index in [1.54, 1.807) is 31.4 Å². The fourth-order valence-corrected chi connectivity index (χ4v) is 4.33. The van der Waals surface area contributed by atoms with Gasteiger partial charge in [0.1, 0.15) is 16.7 Å². The first-order chi connectivity index (χ1) is 10.1. The van der Waals surface area contributed by atoms with Gasteiger partial charge >= 0.3 is 0 Å². The predicted molar refractivity (Wildman–Crippen MR) is 82.4 cm³/mol. The lowest BCUT2D eigenvalue weighted by Crippen LogP contribution is -2.24. The van der Waals surface area contributed by atoms with E-state index in [1.807, 2.05) is 6.07 Å². The third-order valence-corrected chi connectivity index (χ3v) is 5.99. The van der Waals surface area contributed by atoms with Crippen molar-refractivity contribution >= 4 is 15.9 Å². The van der Waals surface area contributed by atoms with Gasteiger partial charge in [0, 0.05) is 0 Å². The Morgan fingerprint density at radius 1 is 1.24 bits per heavy atom. The fourth-order valence-electron chi connectivity index (χ4n) is 2.58. The van der Waals surface area contributed by atoms with E-state index in [2.05, 4.69) is 0 Å². The molecular formula is C16H19NO3S. The number of rotatable bonds is 4. The van der Waals surface area contributed by atoms with Crippen LogP contribution in [0.4, 0.5) is 0 Å². The number of nitriles is 1. The number of benzene rings is 1. The molecule has 0 atom stereocenters. The van der Waals surface area contributed by atoms with E-state index in [0.29, 0.717) is 24.2 Å². The highest BCUT2D eigenvalue weighted by atomic mass is 32.2. The first-order valence-electron chi connectivity index (χ1n) is 7.07. The quantitative estimate of drug-likeness (QED) is 0.800. The van der Waals surface area contributed by atoms with Crippen molar-refractivity contribution in [1.82, 2.24) is 0 Å². The van der Waals surface area contributed by atoms with Crippen molar-refractivity contribution in [3.05, 3.63) is 34.7 Å². The Morgan fingerprint density at radius 2 is 1.86 bits per heavy atom. The van der Waals surface area contributed by atoms with Gasteiger partial charge < -0.3 is 4.74 Å². The topological polar surface area (TPSA) is 67.2 Å². The van der Waals surface area contributed by atoms with Crippen molar-refractivity contribution in [2.75, 3.05) is 7.11 Å². The Bertz CT molecular complexity index is 648. The number of methoxy groups -OCH3 is 1.